The molecule has 2 aromatic heterocycles. The van der Waals surface area contributed by atoms with Crippen molar-refractivity contribution in [3.05, 3.63) is 71.7 Å². The van der Waals surface area contributed by atoms with Crippen LogP contribution in [0.5, 0.6) is 5.75 Å². The topological polar surface area (TPSA) is 89.3 Å². The van der Waals surface area contributed by atoms with Gasteiger partial charge in [0.15, 0.2) is 5.82 Å². The van der Waals surface area contributed by atoms with E-state index in [1.807, 2.05) is 49.4 Å². The molecule has 134 valence electrons. The van der Waals surface area contributed by atoms with Crippen LogP contribution in [0.15, 0.2) is 59.3 Å². The lowest BCUT2D eigenvalue weighted by Crippen LogP contribution is -2.31. The van der Waals surface area contributed by atoms with Crippen molar-refractivity contribution in [2.75, 3.05) is 5.32 Å². The molecule has 1 aromatic carbocycles. The van der Waals surface area contributed by atoms with Crippen LogP contribution in [-0.2, 0) is 6.61 Å². The summed E-state index contributed by atoms with van der Waals surface area (Å²) in [5.41, 5.74) is 1.78. The van der Waals surface area contributed by atoms with Crippen LogP contribution in [0.1, 0.15) is 30.0 Å². The third kappa shape index (κ3) is 4.83. The minimum Gasteiger partial charge on any atom is -0.487 e. The molecule has 2 N–H and O–H groups in total. The Bertz CT molecular complexity index is 864. The molecule has 0 bridgehead atoms. The highest BCUT2D eigenvalue weighted by Crippen LogP contribution is 2.20. The highest BCUT2D eigenvalue weighted by atomic mass is 16.5. The molecule has 0 fully saturated rings. The summed E-state index contributed by atoms with van der Waals surface area (Å²) in [6, 6.07) is 14.4. The largest absolute Gasteiger partial charge is 0.487 e. The average molecular weight is 352 g/mol. The molecule has 2 heterocycles. The first-order valence-corrected chi connectivity index (χ1v) is 8.23. The molecule has 7 nitrogen and oxygen atoms in total. The molecule has 3 rings (SSSR count). The number of benzene rings is 1. The first-order chi connectivity index (χ1) is 12.6. The summed E-state index contributed by atoms with van der Waals surface area (Å²) in [5.74, 6) is 1.72. The minimum absolute atomic E-state index is 0.207. The van der Waals surface area contributed by atoms with Gasteiger partial charge in [0, 0.05) is 12.3 Å². The second-order valence-corrected chi connectivity index (χ2v) is 5.83. The number of nitrogens with one attached hydrogen (secondary N) is 2. The highest BCUT2D eigenvalue weighted by Gasteiger charge is 2.12. The van der Waals surface area contributed by atoms with Crippen molar-refractivity contribution in [3.63, 3.8) is 0 Å². The Kier molecular flexibility index (Phi) is 5.48. The van der Waals surface area contributed by atoms with E-state index in [0.717, 1.165) is 11.3 Å². The molecule has 0 unspecified atom stereocenters. The maximum absolute atomic E-state index is 12.1. The van der Waals surface area contributed by atoms with Crippen LogP contribution in [0, 0.1) is 6.92 Å². The van der Waals surface area contributed by atoms with Gasteiger partial charge < -0.3 is 14.6 Å². The maximum Gasteiger partial charge on any atom is 0.320 e. The molecular weight excluding hydrogens is 332 g/mol. The van der Waals surface area contributed by atoms with Gasteiger partial charge in [-0.1, -0.05) is 23.4 Å². The van der Waals surface area contributed by atoms with E-state index in [2.05, 4.69) is 20.8 Å². The molecule has 0 aliphatic heterocycles. The van der Waals surface area contributed by atoms with Crippen LogP contribution < -0.4 is 15.4 Å². The molecule has 0 spiro atoms. The van der Waals surface area contributed by atoms with Crippen molar-refractivity contribution >= 4 is 11.8 Å². The van der Waals surface area contributed by atoms with E-state index in [-0.39, 0.29) is 12.1 Å². The molecule has 0 saturated carbocycles. The van der Waals surface area contributed by atoms with Gasteiger partial charge in [-0.25, -0.2) is 4.79 Å². The number of aryl methyl sites for hydroxylation is 1. The smallest absolute Gasteiger partial charge is 0.320 e. The van der Waals surface area contributed by atoms with Gasteiger partial charge in [-0.3, -0.25) is 10.3 Å². The summed E-state index contributed by atoms with van der Waals surface area (Å²) >= 11 is 0. The monoisotopic (exact) mass is 352 g/mol. The van der Waals surface area contributed by atoms with Gasteiger partial charge in [0.2, 0.25) is 0 Å². The van der Waals surface area contributed by atoms with Crippen LogP contribution >= 0.6 is 0 Å². The van der Waals surface area contributed by atoms with E-state index in [0.29, 0.717) is 23.9 Å². The SMILES string of the molecule is Cc1cc(NC(=O)N[C@@H](C)c2cccc(OCc3ccccn3)c2)no1. The van der Waals surface area contributed by atoms with Crippen molar-refractivity contribution in [2.24, 2.45) is 0 Å². The Morgan fingerprint density at radius 3 is 2.85 bits per heavy atom. The summed E-state index contributed by atoms with van der Waals surface area (Å²) in [4.78, 5) is 16.3. The average Bonchev–Trinajstić information content (AvgIpc) is 3.05. The quantitative estimate of drug-likeness (QED) is 0.703. The van der Waals surface area contributed by atoms with E-state index in [1.54, 1.807) is 19.2 Å². The van der Waals surface area contributed by atoms with Crippen molar-refractivity contribution in [2.45, 2.75) is 26.5 Å². The van der Waals surface area contributed by atoms with Crippen LogP contribution in [0.3, 0.4) is 0 Å². The zero-order valence-electron chi connectivity index (χ0n) is 14.6. The summed E-state index contributed by atoms with van der Waals surface area (Å²) in [6.07, 6.45) is 1.73. The first-order valence-electron chi connectivity index (χ1n) is 8.23. The zero-order chi connectivity index (χ0) is 18.4. The predicted molar refractivity (Wildman–Crippen MR) is 96.8 cm³/mol. The predicted octanol–water partition coefficient (Wildman–Crippen LogP) is 3.84. The lowest BCUT2D eigenvalue weighted by Gasteiger charge is -2.15. The number of ether oxygens (including phenoxy) is 1. The highest BCUT2D eigenvalue weighted by molar-refractivity contribution is 5.88. The normalized spacial score (nSPS) is 11.6. The van der Waals surface area contributed by atoms with E-state index in [4.69, 9.17) is 9.26 Å². The second kappa shape index (κ2) is 8.15. The molecule has 3 aromatic rings. The fraction of sp³-hybridized carbons (Fsp3) is 0.211. The molecule has 26 heavy (non-hydrogen) atoms. The number of urea groups is 1. The second-order valence-electron chi connectivity index (χ2n) is 5.83. The standard InChI is InChI=1S/C19H20N4O3/c1-13-10-18(23-26-13)22-19(24)21-14(2)15-6-5-8-17(11-15)25-12-16-7-3-4-9-20-16/h3-11,14H,12H2,1-2H3,(H2,21,22,23,24)/t14-/m0/s1. The number of carbonyl (C=O) groups excluding carboxylic acids is 1. The Morgan fingerprint density at radius 2 is 2.12 bits per heavy atom. The van der Waals surface area contributed by atoms with Gasteiger partial charge in [0.1, 0.15) is 18.1 Å². The Hall–Kier alpha value is -3.35. The zero-order valence-corrected chi connectivity index (χ0v) is 14.6. The van der Waals surface area contributed by atoms with Crippen LogP contribution in [-0.4, -0.2) is 16.2 Å². The van der Waals surface area contributed by atoms with Crippen LogP contribution in [0.4, 0.5) is 10.6 Å². The molecule has 1 atom stereocenters. The third-order valence-electron chi connectivity index (χ3n) is 3.69. The summed E-state index contributed by atoms with van der Waals surface area (Å²) < 4.78 is 10.7. The number of hydrogen-bond acceptors (Lipinski definition) is 5. The third-order valence-corrected chi connectivity index (χ3v) is 3.69. The summed E-state index contributed by atoms with van der Waals surface area (Å²) in [6.45, 7) is 4.04. The van der Waals surface area contributed by atoms with Crippen LogP contribution in [0.2, 0.25) is 0 Å². The lowest BCUT2D eigenvalue weighted by molar-refractivity contribution is 0.249. The lowest BCUT2D eigenvalue weighted by atomic mass is 10.1. The molecule has 0 saturated heterocycles. The number of aromatic nitrogens is 2. The van der Waals surface area contributed by atoms with E-state index < -0.39 is 0 Å². The fourth-order valence-corrected chi connectivity index (χ4v) is 2.37. The van der Waals surface area contributed by atoms with E-state index in [9.17, 15) is 4.79 Å². The number of pyridine rings is 1. The number of nitrogens with zero attached hydrogens (tertiary/aromatic N) is 2. The van der Waals surface area contributed by atoms with Gasteiger partial charge in [0.25, 0.3) is 0 Å². The van der Waals surface area contributed by atoms with Crippen molar-refractivity contribution in [1.29, 1.82) is 0 Å². The number of carbonyl (C=O) groups is 1. The molecule has 0 radical (unpaired) electrons. The minimum atomic E-state index is -0.356. The molecule has 0 aliphatic rings. The Balaban J connectivity index is 1.57. The van der Waals surface area contributed by atoms with E-state index >= 15 is 0 Å². The fourth-order valence-electron chi connectivity index (χ4n) is 2.37. The number of hydrogen-bond donors (Lipinski definition) is 2. The number of rotatable bonds is 6. The molecule has 7 heteroatoms. The number of amides is 2. The van der Waals surface area contributed by atoms with Crippen molar-refractivity contribution in [3.8, 4) is 5.75 Å². The Labute approximate surface area is 151 Å². The van der Waals surface area contributed by atoms with Gasteiger partial charge in [-0.15, -0.1) is 0 Å². The molecule has 2 amide bonds. The molecular formula is C19H20N4O3. The Morgan fingerprint density at radius 1 is 1.23 bits per heavy atom. The van der Waals surface area contributed by atoms with E-state index in [1.165, 1.54) is 0 Å². The van der Waals surface area contributed by atoms with Crippen molar-refractivity contribution < 1.29 is 14.1 Å². The van der Waals surface area contributed by atoms with Gasteiger partial charge in [-0.2, -0.15) is 0 Å². The summed E-state index contributed by atoms with van der Waals surface area (Å²) in [5, 5.41) is 9.22. The molecule has 0 aliphatic carbocycles. The van der Waals surface area contributed by atoms with Gasteiger partial charge in [0.05, 0.1) is 11.7 Å². The van der Waals surface area contributed by atoms with Crippen LogP contribution in [0.25, 0.3) is 0 Å². The first kappa shape index (κ1) is 17.5. The van der Waals surface area contributed by atoms with Gasteiger partial charge in [-0.05, 0) is 43.7 Å². The van der Waals surface area contributed by atoms with Crippen molar-refractivity contribution in [1.82, 2.24) is 15.5 Å². The maximum atomic E-state index is 12.1. The van der Waals surface area contributed by atoms with Gasteiger partial charge >= 0.3 is 6.03 Å². The number of anilines is 1. The summed E-state index contributed by atoms with van der Waals surface area (Å²) in [7, 11) is 0.